The fourth-order valence-electron chi connectivity index (χ4n) is 2.45. The third-order valence-corrected chi connectivity index (χ3v) is 3.90. The lowest BCUT2D eigenvalue weighted by atomic mass is 10.0. The van der Waals surface area contributed by atoms with Gasteiger partial charge in [-0.2, -0.15) is 0 Å². The van der Waals surface area contributed by atoms with Gasteiger partial charge in [0.15, 0.2) is 0 Å². The van der Waals surface area contributed by atoms with Gasteiger partial charge in [0.05, 0.1) is 23.2 Å². The number of thiazole rings is 1. The number of ether oxygens (including phenoxy) is 1. The number of carbonyl (C=O) groups excluding carboxylic acids is 2. The second-order valence-electron chi connectivity index (χ2n) is 6.25. The molecule has 21 heavy (non-hydrogen) atoms. The van der Waals surface area contributed by atoms with Gasteiger partial charge in [0.1, 0.15) is 5.60 Å². The van der Waals surface area contributed by atoms with Gasteiger partial charge in [-0.05, 0) is 39.5 Å². The Morgan fingerprint density at radius 2 is 2.24 bits per heavy atom. The van der Waals surface area contributed by atoms with E-state index in [-0.39, 0.29) is 5.92 Å². The number of aliphatic carboxylic acids is 1. The van der Waals surface area contributed by atoms with Crippen LogP contribution in [0.15, 0.2) is 10.9 Å². The molecule has 2 heterocycles. The van der Waals surface area contributed by atoms with E-state index in [0.29, 0.717) is 19.4 Å². The molecule has 0 bridgehead atoms. The molecule has 1 aliphatic rings. The molecular weight excluding hydrogens is 292 g/mol. The molecule has 1 aromatic rings. The van der Waals surface area contributed by atoms with Crippen LogP contribution in [0, 0.1) is 5.92 Å². The van der Waals surface area contributed by atoms with Gasteiger partial charge in [-0.25, -0.2) is 9.78 Å². The van der Waals surface area contributed by atoms with E-state index in [1.807, 2.05) is 5.38 Å². The van der Waals surface area contributed by atoms with Crippen molar-refractivity contribution in [3.05, 3.63) is 16.6 Å². The number of rotatable bonds is 3. The van der Waals surface area contributed by atoms with Crippen LogP contribution in [0.25, 0.3) is 0 Å². The minimum absolute atomic E-state index is 0.0579. The van der Waals surface area contributed by atoms with Crippen molar-refractivity contribution in [3.8, 4) is 0 Å². The Balaban J connectivity index is 2.05. The molecule has 0 radical (unpaired) electrons. The normalized spacial score (nSPS) is 22.3. The number of likely N-dealkylation sites (tertiary alicyclic amines) is 1. The van der Waals surface area contributed by atoms with Crippen LogP contribution in [0.5, 0.6) is 0 Å². The number of carbonyl (C=O) groups is 2. The number of hydrogen-bond donors (Lipinski definition) is 0. The summed E-state index contributed by atoms with van der Waals surface area (Å²) < 4.78 is 5.27. The van der Waals surface area contributed by atoms with Crippen molar-refractivity contribution in [2.75, 3.05) is 6.54 Å². The zero-order valence-corrected chi connectivity index (χ0v) is 13.2. The molecule has 0 aromatic carbocycles. The lowest BCUT2D eigenvalue weighted by molar-refractivity contribution is -0.310. The SMILES string of the molecule is CC(C)(C)OC(=O)N1C[C@H](Cc2cscn2)C[C@H]1C(=O)[O-]. The van der Waals surface area contributed by atoms with Crippen LogP contribution in [0.2, 0.25) is 0 Å². The first-order valence-corrected chi connectivity index (χ1v) is 7.78. The van der Waals surface area contributed by atoms with Crippen LogP contribution in [-0.4, -0.2) is 40.1 Å². The van der Waals surface area contributed by atoms with Gasteiger partial charge in [-0.15, -0.1) is 11.3 Å². The van der Waals surface area contributed by atoms with Gasteiger partial charge >= 0.3 is 6.09 Å². The van der Waals surface area contributed by atoms with E-state index in [1.54, 1.807) is 26.3 Å². The monoisotopic (exact) mass is 311 g/mol. The number of carboxylic acid groups (broad SMARTS) is 1. The standard InChI is InChI=1S/C14H20N2O4S/c1-14(2,3)20-13(19)16-6-9(5-11(16)12(17)18)4-10-7-21-8-15-10/h7-9,11H,4-6H2,1-3H3,(H,17,18)/p-1/t9-,11+/m1/s1. The molecule has 1 fully saturated rings. The van der Waals surface area contributed by atoms with E-state index >= 15 is 0 Å². The Hall–Kier alpha value is -1.63. The Labute approximate surface area is 127 Å². The molecule has 1 amide bonds. The highest BCUT2D eigenvalue weighted by Crippen LogP contribution is 2.27. The quantitative estimate of drug-likeness (QED) is 0.833. The van der Waals surface area contributed by atoms with E-state index in [4.69, 9.17) is 4.74 Å². The first-order valence-electron chi connectivity index (χ1n) is 6.84. The van der Waals surface area contributed by atoms with E-state index in [2.05, 4.69) is 4.98 Å². The van der Waals surface area contributed by atoms with Gasteiger partial charge < -0.3 is 14.6 Å². The minimum atomic E-state index is -1.23. The first-order chi connectivity index (χ1) is 9.76. The molecule has 7 heteroatoms. The Morgan fingerprint density at radius 1 is 1.52 bits per heavy atom. The molecule has 0 saturated carbocycles. The average Bonchev–Trinajstić information content (AvgIpc) is 2.96. The van der Waals surface area contributed by atoms with Crippen molar-refractivity contribution in [1.29, 1.82) is 0 Å². The predicted octanol–water partition coefficient (Wildman–Crippen LogP) is 1.06. The fourth-order valence-corrected chi connectivity index (χ4v) is 3.02. The lowest BCUT2D eigenvalue weighted by Crippen LogP contribution is -2.48. The first kappa shape index (κ1) is 15.8. The van der Waals surface area contributed by atoms with Gasteiger partial charge in [0.25, 0.3) is 0 Å². The van der Waals surface area contributed by atoms with Gasteiger partial charge in [-0.3, -0.25) is 4.90 Å². The maximum atomic E-state index is 12.1. The van der Waals surface area contributed by atoms with E-state index < -0.39 is 23.7 Å². The zero-order chi connectivity index (χ0) is 15.6. The summed E-state index contributed by atoms with van der Waals surface area (Å²) in [6.07, 6.45) is 0.434. The summed E-state index contributed by atoms with van der Waals surface area (Å²) in [5.41, 5.74) is 2.01. The van der Waals surface area contributed by atoms with E-state index in [1.165, 1.54) is 16.2 Å². The van der Waals surface area contributed by atoms with Crippen molar-refractivity contribution in [2.24, 2.45) is 5.92 Å². The number of amides is 1. The number of hydrogen-bond acceptors (Lipinski definition) is 6. The maximum Gasteiger partial charge on any atom is 0.410 e. The Kier molecular flexibility index (Phi) is 4.51. The molecule has 2 atom stereocenters. The molecular formula is C14H19N2O4S-. The number of carboxylic acids is 1. The van der Waals surface area contributed by atoms with Crippen LogP contribution in [0.4, 0.5) is 4.79 Å². The third-order valence-electron chi connectivity index (χ3n) is 3.27. The van der Waals surface area contributed by atoms with Crippen LogP contribution in [-0.2, 0) is 16.0 Å². The van der Waals surface area contributed by atoms with Gasteiger partial charge in [0, 0.05) is 11.9 Å². The van der Waals surface area contributed by atoms with E-state index in [9.17, 15) is 14.7 Å². The third kappa shape index (κ3) is 4.17. The second kappa shape index (κ2) is 6.01. The molecule has 1 aliphatic heterocycles. The van der Waals surface area contributed by atoms with Crippen molar-refractivity contribution < 1.29 is 19.4 Å². The maximum absolute atomic E-state index is 12.1. The summed E-state index contributed by atoms with van der Waals surface area (Å²) in [5.74, 6) is -1.18. The Bertz CT molecular complexity index is 510. The van der Waals surface area contributed by atoms with Crippen LogP contribution < -0.4 is 5.11 Å². The average molecular weight is 311 g/mol. The smallest absolute Gasteiger partial charge is 0.410 e. The highest BCUT2D eigenvalue weighted by Gasteiger charge is 2.38. The summed E-state index contributed by atoms with van der Waals surface area (Å²) >= 11 is 1.50. The predicted molar refractivity (Wildman–Crippen MR) is 75.7 cm³/mol. The fraction of sp³-hybridized carbons (Fsp3) is 0.643. The lowest BCUT2D eigenvalue weighted by Gasteiger charge is -2.28. The van der Waals surface area contributed by atoms with Crippen LogP contribution in [0.1, 0.15) is 32.9 Å². The molecule has 2 rings (SSSR count). The van der Waals surface area contributed by atoms with Crippen LogP contribution in [0.3, 0.4) is 0 Å². The molecule has 0 spiro atoms. The molecule has 1 saturated heterocycles. The summed E-state index contributed by atoms with van der Waals surface area (Å²) in [6, 6.07) is -0.927. The van der Waals surface area contributed by atoms with Crippen molar-refractivity contribution in [2.45, 2.75) is 45.3 Å². The number of aromatic nitrogens is 1. The van der Waals surface area contributed by atoms with Crippen LogP contribution >= 0.6 is 11.3 Å². The zero-order valence-electron chi connectivity index (χ0n) is 12.4. The highest BCUT2D eigenvalue weighted by atomic mass is 32.1. The minimum Gasteiger partial charge on any atom is -0.548 e. The summed E-state index contributed by atoms with van der Waals surface area (Å²) in [5, 5.41) is 13.2. The Morgan fingerprint density at radius 3 is 2.76 bits per heavy atom. The van der Waals surface area contributed by atoms with E-state index in [0.717, 1.165) is 5.69 Å². The molecule has 6 nitrogen and oxygen atoms in total. The summed E-state index contributed by atoms with van der Waals surface area (Å²) in [4.78, 5) is 28.8. The summed E-state index contributed by atoms with van der Waals surface area (Å²) in [6.45, 7) is 5.61. The number of nitrogens with zero attached hydrogens (tertiary/aromatic N) is 2. The topological polar surface area (TPSA) is 82.6 Å². The molecule has 1 aromatic heterocycles. The van der Waals surface area contributed by atoms with Gasteiger partial charge in [0.2, 0.25) is 0 Å². The van der Waals surface area contributed by atoms with Crippen molar-refractivity contribution >= 4 is 23.4 Å². The molecule has 0 N–H and O–H groups in total. The molecule has 0 aliphatic carbocycles. The van der Waals surface area contributed by atoms with Crippen molar-refractivity contribution in [3.63, 3.8) is 0 Å². The molecule has 0 unspecified atom stereocenters. The molecule has 116 valence electrons. The largest absolute Gasteiger partial charge is 0.548 e. The second-order valence-corrected chi connectivity index (χ2v) is 6.97. The van der Waals surface area contributed by atoms with Crippen molar-refractivity contribution in [1.82, 2.24) is 9.88 Å². The van der Waals surface area contributed by atoms with Gasteiger partial charge in [-0.1, -0.05) is 0 Å². The summed E-state index contributed by atoms with van der Waals surface area (Å²) in [7, 11) is 0. The highest BCUT2D eigenvalue weighted by molar-refractivity contribution is 7.07.